The van der Waals surface area contributed by atoms with Crippen molar-refractivity contribution in [3.8, 4) is 5.75 Å². The molecule has 0 radical (unpaired) electrons. The number of carbonyl (C=O) groups is 1. The number of anilines is 2. The molecule has 0 aliphatic carbocycles. The molecule has 0 bridgehead atoms. The minimum atomic E-state index is -0.162. The fraction of sp³-hybridized carbons (Fsp3) is 0.381. The van der Waals surface area contributed by atoms with E-state index >= 15 is 0 Å². The van der Waals surface area contributed by atoms with Crippen molar-refractivity contribution in [1.82, 2.24) is 20.1 Å². The Hall–Kier alpha value is -3.27. The molecule has 5 rings (SSSR count). The summed E-state index contributed by atoms with van der Waals surface area (Å²) in [4.78, 5) is 28.3. The van der Waals surface area contributed by atoms with Crippen LogP contribution in [0.3, 0.4) is 0 Å². The van der Waals surface area contributed by atoms with Gasteiger partial charge in [0.25, 0.3) is 5.71 Å². The first kappa shape index (κ1) is 19.7. The molecule has 9 nitrogen and oxygen atoms in total. The third-order valence-electron chi connectivity index (χ3n) is 5.42. The van der Waals surface area contributed by atoms with E-state index in [9.17, 15) is 4.79 Å². The summed E-state index contributed by atoms with van der Waals surface area (Å²) in [6.07, 6.45) is 3.19. The van der Waals surface area contributed by atoms with E-state index in [-0.39, 0.29) is 11.8 Å². The van der Waals surface area contributed by atoms with Crippen LogP contribution in [0.4, 0.5) is 10.9 Å². The number of rotatable bonds is 5. The van der Waals surface area contributed by atoms with E-state index in [1.807, 2.05) is 32.0 Å². The molecule has 1 aliphatic rings. The molecule has 3 aromatic heterocycles. The van der Waals surface area contributed by atoms with Gasteiger partial charge in [0.05, 0.1) is 28.4 Å². The fourth-order valence-electron chi connectivity index (χ4n) is 3.95. The lowest BCUT2D eigenvalue weighted by atomic mass is 9.97. The topological polar surface area (TPSA) is 106 Å². The van der Waals surface area contributed by atoms with Crippen LogP contribution in [0, 0.1) is 12.8 Å². The molecule has 1 aromatic carbocycles. The summed E-state index contributed by atoms with van der Waals surface area (Å²) in [5.74, 6) is 1.38. The smallest absolute Gasteiger partial charge is 0.263 e. The lowest BCUT2D eigenvalue weighted by Gasteiger charge is -2.32. The number of nitrogens with one attached hydrogen (secondary N) is 1. The number of aryl methyl sites for hydroxylation is 1. The molecule has 1 fully saturated rings. The van der Waals surface area contributed by atoms with Crippen LogP contribution in [-0.2, 0) is 4.79 Å². The molecule has 4 aromatic rings. The van der Waals surface area contributed by atoms with Crippen LogP contribution >= 0.6 is 11.3 Å². The van der Waals surface area contributed by atoms with Crippen LogP contribution in [0.25, 0.3) is 21.3 Å². The minimum absolute atomic E-state index is 0.0267. The molecule has 31 heavy (non-hydrogen) atoms. The third-order valence-corrected chi connectivity index (χ3v) is 6.35. The van der Waals surface area contributed by atoms with Gasteiger partial charge in [0.2, 0.25) is 5.91 Å². The van der Waals surface area contributed by atoms with Gasteiger partial charge in [-0.1, -0.05) is 16.5 Å². The van der Waals surface area contributed by atoms with Crippen molar-refractivity contribution in [3.63, 3.8) is 0 Å². The molecule has 1 saturated heterocycles. The van der Waals surface area contributed by atoms with Crippen molar-refractivity contribution < 1.29 is 14.1 Å². The molecular weight excluding hydrogens is 416 g/mol. The molecule has 0 unspecified atom stereocenters. The average molecular weight is 439 g/mol. The van der Waals surface area contributed by atoms with Crippen molar-refractivity contribution in [2.45, 2.75) is 26.7 Å². The molecule has 1 amide bonds. The van der Waals surface area contributed by atoms with Gasteiger partial charge in [-0.2, -0.15) is 4.98 Å². The molecule has 10 heteroatoms. The zero-order valence-electron chi connectivity index (χ0n) is 17.3. The van der Waals surface area contributed by atoms with Gasteiger partial charge in [0.1, 0.15) is 23.3 Å². The van der Waals surface area contributed by atoms with Crippen LogP contribution in [0.5, 0.6) is 5.75 Å². The standard InChI is InChI=1S/C21H22N6O3S/c1-3-29-14-6-7-15-16(9-14)31-21(24-15)25-19(28)13-5-4-8-27(10-13)18-17-12(2)26-30-20(17)23-11-22-18/h6-7,9,11,13H,3-5,8,10H2,1-2H3,(H,24,25,28)/t13-/m1/s1. The predicted molar refractivity (Wildman–Crippen MR) is 119 cm³/mol. The van der Waals surface area contributed by atoms with Crippen molar-refractivity contribution in [1.29, 1.82) is 0 Å². The van der Waals surface area contributed by atoms with Gasteiger partial charge >= 0.3 is 0 Å². The Labute approximate surface area is 182 Å². The van der Waals surface area contributed by atoms with E-state index in [0.29, 0.717) is 24.0 Å². The first-order valence-corrected chi connectivity index (χ1v) is 11.1. The number of nitrogens with zero attached hydrogens (tertiary/aromatic N) is 5. The number of amides is 1. The number of aromatic nitrogens is 4. The van der Waals surface area contributed by atoms with Gasteiger partial charge in [-0.15, -0.1) is 0 Å². The lowest BCUT2D eigenvalue weighted by Crippen LogP contribution is -2.41. The Morgan fingerprint density at radius 3 is 3.16 bits per heavy atom. The SMILES string of the molecule is CCOc1ccc2nc(NC(=O)[C@@H]3CCCN(c4ncnc5onc(C)c45)C3)sc2c1. The molecule has 0 spiro atoms. The number of ether oxygens (including phenoxy) is 1. The molecule has 160 valence electrons. The summed E-state index contributed by atoms with van der Waals surface area (Å²) in [7, 11) is 0. The Bertz CT molecular complexity index is 1250. The van der Waals surface area contributed by atoms with Gasteiger partial charge in [-0.25, -0.2) is 9.97 Å². The van der Waals surface area contributed by atoms with Crippen LogP contribution in [0.1, 0.15) is 25.5 Å². The molecule has 0 saturated carbocycles. The highest BCUT2D eigenvalue weighted by Gasteiger charge is 2.29. The van der Waals surface area contributed by atoms with Gasteiger partial charge in [-0.05, 0) is 44.9 Å². The highest BCUT2D eigenvalue weighted by Crippen LogP contribution is 2.32. The first-order valence-electron chi connectivity index (χ1n) is 10.3. The second kappa shape index (κ2) is 8.10. The third kappa shape index (κ3) is 3.78. The summed E-state index contributed by atoms with van der Waals surface area (Å²) in [6.45, 7) is 5.83. The highest BCUT2D eigenvalue weighted by atomic mass is 32.1. The number of benzene rings is 1. The maximum Gasteiger partial charge on any atom is 0.263 e. The van der Waals surface area contributed by atoms with Crippen molar-refractivity contribution in [3.05, 3.63) is 30.2 Å². The van der Waals surface area contributed by atoms with E-state index in [1.54, 1.807) is 0 Å². The van der Waals surface area contributed by atoms with Crippen molar-refractivity contribution in [2.24, 2.45) is 5.92 Å². The number of hydrogen-bond donors (Lipinski definition) is 1. The van der Waals surface area contributed by atoms with Crippen molar-refractivity contribution >= 4 is 49.5 Å². The second-order valence-electron chi connectivity index (χ2n) is 7.50. The van der Waals surface area contributed by atoms with Gasteiger partial charge < -0.3 is 19.5 Å². The molecule has 1 aliphatic heterocycles. The van der Waals surface area contributed by atoms with Crippen LogP contribution in [-0.4, -0.2) is 45.7 Å². The Kier molecular flexibility index (Phi) is 5.14. The Balaban J connectivity index is 1.33. The van der Waals surface area contributed by atoms with Crippen molar-refractivity contribution in [2.75, 3.05) is 29.9 Å². The number of hydrogen-bond acceptors (Lipinski definition) is 9. The quantitative estimate of drug-likeness (QED) is 0.502. The highest BCUT2D eigenvalue weighted by molar-refractivity contribution is 7.22. The Morgan fingerprint density at radius 1 is 1.39 bits per heavy atom. The minimum Gasteiger partial charge on any atom is -0.494 e. The number of fused-ring (bicyclic) bond motifs is 2. The summed E-state index contributed by atoms with van der Waals surface area (Å²) < 4.78 is 11.8. The lowest BCUT2D eigenvalue weighted by molar-refractivity contribution is -0.120. The molecular formula is C21H22N6O3S. The second-order valence-corrected chi connectivity index (χ2v) is 8.53. The molecule has 4 heterocycles. The summed E-state index contributed by atoms with van der Waals surface area (Å²) in [5.41, 5.74) is 2.06. The summed E-state index contributed by atoms with van der Waals surface area (Å²) in [5, 5.41) is 8.41. The van der Waals surface area contributed by atoms with E-state index in [4.69, 9.17) is 9.26 Å². The van der Waals surface area contributed by atoms with E-state index in [0.717, 1.165) is 52.3 Å². The monoisotopic (exact) mass is 438 g/mol. The van der Waals surface area contributed by atoms with E-state index in [1.165, 1.54) is 17.7 Å². The molecule has 1 atom stereocenters. The van der Waals surface area contributed by atoms with Crippen LogP contribution < -0.4 is 15.0 Å². The fourth-order valence-corrected chi connectivity index (χ4v) is 4.85. The van der Waals surface area contributed by atoms with Crippen LogP contribution in [0.15, 0.2) is 29.0 Å². The van der Waals surface area contributed by atoms with E-state index < -0.39 is 0 Å². The van der Waals surface area contributed by atoms with Gasteiger partial charge in [-0.3, -0.25) is 4.79 Å². The normalized spacial score (nSPS) is 16.7. The van der Waals surface area contributed by atoms with Gasteiger partial charge in [0.15, 0.2) is 5.13 Å². The first-order chi connectivity index (χ1) is 15.1. The number of thiazole rings is 1. The average Bonchev–Trinajstić information content (AvgIpc) is 3.36. The van der Waals surface area contributed by atoms with Gasteiger partial charge in [0, 0.05) is 13.1 Å². The molecule has 1 N–H and O–H groups in total. The Morgan fingerprint density at radius 2 is 2.29 bits per heavy atom. The summed E-state index contributed by atoms with van der Waals surface area (Å²) >= 11 is 1.45. The zero-order chi connectivity index (χ0) is 21.4. The van der Waals surface area contributed by atoms with E-state index in [2.05, 4.69) is 30.3 Å². The van der Waals surface area contributed by atoms with Crippen LogP contribution in [0.2, 0.25) is 0 Å². The maximum atomic E-state index is 13.0. The maximum absolute atomic E-state index is 13.0. The zero-order valence-corrected chi connectivity index (χ0v) is 18.1. The predicted octanol–water partition coefficient (Wildman–Crippen LogP) is 3.79. The largest absolute Gasteiger partial charge is 0.494 e. The number of carbonyl (C=O) groups excluding carboxylic acids is 1. The summed E-state index contributed by atoms with van der Waals surface area (Å²) in [6, 6.07) is 5.76. The number of piperidine rings is 1.